The number of carbonyl (C=O) groups excluding carboxylic acids is 3. The molecule has 1 atom stereocenters. The van der Waals surface area contributed by atoms with Crippen LogP contribution < -0.4 is 16.0 Å². The number of benzene rings is 2. The summed E-state index contributed by atoms with van der Waals surface area (Å²) in [5.74, 6) is -0.976. The molecular weight excluding hydrogens is 358 g/mol. The van der Waals surface area contributed by atoms with Crippen molar-refractivity contribution in [3.8, 4) is 0 Å². The van der Waals surface area contributed by atoms with Crippen molar-refractivity contribution in [1.82, 2.24) is 5.32 Å². The number of esters is 1. The zero-order valence-electron chi connectivity index (χ0n) is 16.0. The average molecular weight is 383 g/mol. The van der Waals surface area contributed by atoms with Crippen LogP contribution in [-0.2, 0) is 20.7 Å². The number of ether oxygens (including phenoxy) is 1. The lowest BCUT2D eigenvalue weighted by molar-refractivity contribution is -0.153. The summed E-state index contributed by atoms with van der Waals surface area (Å²) in [7, 11) is 0. The summed E-state index contributed by atoms with van der Waals surface area (Å²) in [5.41, 5.74) is 2.46. The van der Waals surface area contributed by atoms with Crippen molar-refractivity contribution in [3.05, 3.63) is 60.2 Å². The first-order valence-electron chi connectivity index (χ1n) is 9.17. The number of para-hydroxylation sites is 1. The van der Waals surface area contributed by atoms with Crippen LogP contribution in [0.3, 0.4) is 0 Å². The van der Waals surface area contributed by atoms with Crippen LogP contribution in [0.15, 0.2) is 54.6 Å². The lowest BCUT2D eigenvalue weighted by atomic mass is 10.1. The largest absolute Gasteiger partial charge is 0.452 e. The van der Waals surface area contributed by atoms with Crippen molar-refractivity contribution in [2.75, 3.05) is 17.2 Å². The third-order valence-electron chi connectivity index (χ3n) is 3.95. The average Bonchev–Trinajstić information content (AvgIpc) is 2.69. The van der Waals surface area contributed by atoms with Crippen molar-refractivity contribution >= 4 is 29.3 Å². The van der Waals surface area contributed by atoms with E-state index in [2.05, 4.69) is 22.9 Å². The monoisotopic (exact) mass is 383 g/mol. The summed E-state index contributed by atoms with van der Waals surface area (Å²) in [6.45, 7) is 3.66. The molecule has 0 bridgehead atoms. The number of carbonyl (C=O) groups is 3. The molecule has 0 spiro atoms. The molecule has 0 unspecified atom stereocenters. The van der Waals surface area contributed by atoms with Gasteiger partial charge in [-0.3, -0.25) is 9.59 Å². The van der Waals surface area contributed by atoms with Crippen molar-refractivity contribution in [2.24, 2.45) is 0 Å². The first kappa shape index (κ1) is 21.0. The van der Waals surface area contributed by atoms with Gasteiger partial charge < -0.3 is 20.7 Å². The lowest BCUT2D eigenvalue weighted by Gasteiger charge is -2.14. The van der Waals surface area contributed by atoms with Crippen LogP contribution in [0.25, 0.3) is 0 Å². The van der Waals surface area contributed by atoms with Gasteiger partial charge in [-0.1, -0.05) is 37.3 Å². The standard InChI is InChI=1S/C21H25N3O4/c1-3-16-9-11-18(12-10-16)23-20(26)15(2)28-19(25)13-14-22-21(27)24-17-7-5-4-6-8-17/h4-12,15H,3,13-14H2,1-2H3,(H,23,26)(H2,22,24,27)/t15-/m0/s1. The Kier molecular flexibility index (Phi) is 8.02. The zero-order valence-corrected chi connectivity index (χ0v) is 16.0. The highest BCUT2D eigenvalue weighted by Gasteiger charge is 2.18. The summed E-state index contributed by atoms with van der Waals surface area (Å²) < 4.78 is 5.11. The number of hydrogen-bond acceptors (Lipinski definition) is 4. The van der Waals surface area contributed by atoms with Crippen LogP contribution >= 0.6 is 0 Å². The predicted octanol–water partition coefficient (Wildman–Crippen LogP) is 3.33. The quantitative estimate of drug-likeness (QED) is 0.609. The number of anilines is 2. The molecule has 0 aliphatic rings. The number of urea groups is 1. The van der Waals surface area contributed by atoms with E-state index in [0.29, 0.717) is 11.4 Å². The smallest absolute Gasteiger partial charge is 0.319 e. The number of rotatable bonds is 8. The van der Waals surface area contributed by atoms with E-state index in [1.165, 1.54) is 12.5 Å². The molecule has 3 amide bonds. The van der Waals surface area contributed by atoms with Gasteiger partial charge in [-0.2, -0.15) is 0 Å². The van der Waals surface area contributed by atoms with Gasteiger partial charge in [0.05, 0.1) is 6.42 Å². The van der Waals surface area contributed by atoms with Crippen molar-refractivity contribution in [3.63, 3.8) is 0 Å². The molecule has 2 aromatic rings. The van der Waals surface area contributed by atoms with E-state index >= 15 is 0 Å². The molecule has 3 N–H and O–H groups in total. The van der Waals surface area contributed by atoms with Crippen LogP contribution in [0, 0.1) is 0 Å². The predicted molar refractivity (Wildman–Crippen MR) is 108 cm³/mol. The second-order valence-electron chi connectivity index (χ2n) is 6.17. The third kappa shape index (κ3) is 7.11. The minimum atomic E-state index is -0.934. The molecule has 148 valence electrons. The number of nitrogens with one attached hydrogen (secondary N) is 3. The Balaban J connectivity index is 1.68. The van der Waals surface area contributed by atoms with Gasteiger partial charge in [-0.05, 0) is 43.2 Å². The van der Waals surface area contributed by atoms with Crippen LogP contribution in [0.2, 0.25) is 0 Å². The van der Waals surface area contributed by atoms with E-state index in [9.17, 15) is 14.4 Å². The van der Waals surface area contributed by atoms with Gasteiger partial charge in [0.2, 0.25) is 0 Å². The molecular formula is C21H25N3O4. The highest BCUT2D eigenvalue weighted by molar-refractivity contribution is 5.95. The van der Waals surface area contributed by atoms with Crippen LogP contribution in [0.4, 0.5) is 16.2 Å². The van der Waals surface area contributed by atoms with Crippen molar-refractivity contribution < 1.29 is 19.1 Å². The summed E-state index contributed by atoms with van der Waals surface area (Å²) >= 11 is 0. The maximum atomic E-state index is 12.1. The van der Waals surface area contributed by atoms with Gasteiger partial charge in [0, 0.05) is 17.9 Å². The van der Waals surface area contributed by atoms with E-state index in [1.54, 1.807) is 36.4 Å². The fourth-order valence-electron chi connectivity index (χ4n) is 2.35. The highest BCUT2D eigenvalue weighted by Crippen LogP contribution is 2.11. The van der Waals surface area contributed by atoms with Gasteiger partial charge in [0.1, 0.15) is 0 Å². The molecule has 2 rings (SSSR count). The van der Waals surface area contributed by atoms with Crippen LogP contribution in [0.5, 0.6) is 0 Å². The lowest BCUT2D eigenvalue weighted by Crippen LogP contribution is -2.33. The molecule has 0 aliphatic heterocycles. The van der Waals surface area contributed by atoms with E-state index in [-0.39, 0.29) is 13.0 Å². The molecule has 0 fully saturated rings. The minimum absolute atomic E-state index is 0.0367. The maximum absolute atomic E-state index is 12.1. The maximum Gasteiger partial charge on any atom is 0.319 e. The first-order valence-corrected chi connectivity index (χ1v) is 9.17. The van der Waals surface area contributed by atoms with Crippen LogP contribution in [-0.4, -0.2) is 30.6 Å². The number of amides is 3. The molecule has 7 heteroatoms. The van der Waals surface area contributed by atoms with Crippen molar-refractivity contribution in [1.29, 1.82) is 0 Å². The third-order valence-corrected chi connectivity index (χ3v) is 3.95. The van der Waals surface area contributed by atoms with Gasteiger partial charge >= 0.3 is 12.0 Å². The Morgan fingerprint density at radius 1 is 0.929 bits per heavy atom. The second-order valence-corrected chi connectivity index (χ2v) is 6.17. The fraction of sp³-hybridized carbons (Fsp3) is 0.286. The van der Waals surface area contributed by atoms with E-state index in [1.807, 2.05) is 18.2 Å². The Morgan fingerprint density at radius 2 is 1.57 bits per heavy atom. The number of hydrogen-bond donors (Lipinski definition) is 3. The fourth-order valence-corrected chi connectivity index (χ4v) is 2.35. The molecule has 0 heterocycles. The molecule has 0 saturated heterocycles. The Bertz CT molecular complexity index is 791. The number of aryl methyl sites for hydroxylation is 1. The van der Waals surface area contributed by atoms with Gasteiger partial charge in [-0.25, -0.2) is 4.79 Å². The van der Waals surface area contributed by atoms with Crippen LogP contribution in [0.1, 0.15) is 25.8 Å². The molecule has 7 nitrogen and oxygen atoms in total. The van der Waals surface area contributed by atoms with E-state index in [0.717, 1.165) is 6.42 Å². The summed E-state index contributed by atoms with van der Waals surface area (Å²) in [5, 5.41) is 7.91. The molecule has 28 heavy (non-hydrogen) atoms. The van der Waals surface area contributed by atoms with Gasteiger partial charge in [-0.15, -0.1) is 0 Å². The van der Waals surface area contributed by atoms with Gasteiger partial charge in [0.15, 0.2) is 6.10 Å². The topological polar surface area (TPSA) is 96.5 Å². The Hall–Kier alpha value is -3.35. The zero-order chi connectivity index (χ0) is 20.4. The molecule has 0 radical (unpaired) electrons. The molecule has 0 saturated carbocycles. The minimum Gasteiger partial charge on any atom is -0.452 e. The summed E-state index contributed by atoms with van der Waals surface area (Å²) in [4.78, 5) is 35.7. The van der Waals surface area contributed by atoms with E-state index in [4.69, 9.17) is 4.74 Å². The first-order chi connectivity index (χ1) is 13.5. The molecule has 2 aromatic carbocycles. The summed E-state index contributed by atoms with van der Waals surface area (Å²) in [6, 6.07) is 16.0. The molecule has 0 aromatic heterocycles. The SMILES string of the molecule is CCc1ccc(NC(=O)[C@H](C)OC(=O)CCNC(=O)Nc2ccccc2)cc1. The molecule has 0 aliphatic carbocycles. The van der Waals surface area contributed by atoms with Crippen molar-refractivity contribution in [2.45, 2.75) is 32.8 Å². The Labute approximate surface area is 164 Å². The normalized spacial score (nSPS) is 11.2. The highest BCUT2D eigenvalue weighted by atomic mass is 16.5. The Morgan fingerprint density at radius 3 is 2.21 bits per heavy atom. The second kappa shape index (κ2) is 10.7. The summed E-state index contributed by atoms with van der Waals surface area (Å²) in [6.07, 6.45) is -0.0542. The van der Waals surface area contributed by atoms with E-state index < -0.39 is 24.0 Å². The van der Waals surface area contributed by atoms with Gasteiger partial charge in [0.25, 0.3) is 5.91 Å².